The van der Waals surface area contributed by atoms with Crippen LogP contribution in [0.1, 0.15) is 41.2 Å². The monoisotopic (exact) mass is 443 g/mol. The van der Waals surface area contributed by atoms with Crippen molar-refractivity contribution >= 4 is 16.9 Å². The number of aryl methyl sites for hydroxylation is 2. The summed E-state index contributed by atoms with van der Waals surface area (Å²) in [7, 11) is 1.84. The molecule has 5 rings (SSSR count). The van der Waals surface area contributed by atoms with E-state index in [1.807, 2.05) is 18.5 Å². The molecule has 1 saturated heterocycles. The number of benzene rings is 2. The first kappa shape index (κ1) is 20.7. The second-order valence-electron chi connectivity index (χ2n) is 8.76. The largest absolute Gasteiger partial charge is 0.493 e. The van der Waals surface area contributed by atoms with Crippen molar-refractivity contribution < 1.29 is 28.2 Å². The van der Waals surface area contributed by atoms with Gasteiger partial charge in [0.2, 0.25) is 0 Å². The number of aliphatic hydroxyl groups is 1. The number of imidazole rings is 1. The number of hydrogen-bond donors (Lipinski definition) is 1. The molecule has 1 fully saturated rings. The number of carbonyl (C=O) groups is 1. The molecule has 0 spiro atoms. The number of rotatable bonds is 3. The lowest BCUT2D eigenvalue weighted by molar-refractivity contribution is -0.0668. The fourth-order valence-corrected chi connectivity index (χ4v) is 4.37. The molecule has 3 heterocycles. The Labute approximate surface area is 183 Å². The maximum Gasteiger partial charge on any atom is 0.254 e. The molecule has 1 atom stereocenters. The van der Waals surface area contributed by atoms with Gasteiger partial charge in [-0.2, -0.15) is 0 Å². The van der Waals surface area contributed by atoms with Crippen molar-refractivity contribution in [3.63, 3.8) is 0 Å². The van der Waals surface area contributed by atoms with Crippen LogP contribution in [0.2, 0.25) is 0 Å². The molecule has 1 aromatic heterocycles. The Morgan fingerprint density at radius 3 is 2.75 bits per heavy atom. The maximum atomic E-state index is 14.6. The smallest absolute Gasteiger partial charge is 0.254 e. The van der Waals surface area contributed by atoms with Gasteiger partial charge >= 0.3 is 0 Å². The molecule has 2 aliphatic heterocycles. The van der Waals surface area contributed by atoms with E-state index in [1.165, 1.54) is 0 Å². The average Bonchev–Trinajstić information content (AvgIpc) is 2.99. The van der Waals surface area contributed by atoms with Crippen LogP contribution < -0.4 is 9.47 Å². The summed E-state index contributed by atoms with van der Waals surface area (Å²) in [6.45, 7) is 4.25. The maximum absolute atomic E-state index is 14.6. The standard InChI is InChI=1S/C23H23F2N3O4/c1-12-26-21-16(27(12)3)6-13(22(29)28-10-23(2,30)11-28)7-19(21)32-17-4-5-31-18-9-14(24)8-15(25)20(17)18/h6-9,17,30H,4-5,10-11H2,1-3H3. The van der Waals surface area contributed by atoms with Gasteiger partial charge in [-0.05, 0) is 26.0 Å². The number of aromatic nitrogens is 2. The Kier molecular flexibility index (Phi) is 4.63. The molecule has 7 nitrogen and oxygen atoms in total. The number of carbonyl (C=O) groups excluding carboxylic acids is 1. The molecule has 168 valence electrons. The third-order valence-electron chi connectivity index (χ3n) is 6.06. The number of amides is 1. The summed E-state index contributed by atoms with van der Waals surface area (Å²) < 4.78 is 41.7. The molecule has 0 bridgehead atoms. The van der Waals surface area contributed by atoms with Gasteiger partial charge in [0.15, 0.2) is 0 Å². The van der Waals surface area contributed by atoms with Crippen molar-refractivity contribution in [2.75, 3.05) is 19.7 Å². The summed E-state index contributed by atoms with van der Waals surface area (Å²) in [5.74, 6) is -0.522. The molecule has 9 heteroatoms. The molecular weight excluding hydrogens is 420 g/mol. The van der Waals surface area contributed by atoms with E-state index in [2.05, 4.69) is 4.98 Å². The summed E-state index contributed by atoms with van der Waals surface area (Å²) in [5.41, 5.74) is 0.892. The van der Waals surface area contributed by atoms with Crippen LogP contribution in [0.4, 0.5) is 8.78 Å². The molecule has 1 amide bonds. The summed E-state index contributed by atoms with van der Waals surface area (Å²) in [6, 6.07) is 5.29. The highest BCUT2D eigenvalue weighted by Crippen LogP contribution is 2.40. The number of fused-ring (bicyclic) bond motifs is 2. The number of β-amino-alcohol motifs (C(OH)–C–C–N with tert-alkyl or cyclic N) is 1. The number of halogens is 2. The molecule has 2 aromatic carbocycles. The Morgan fingerprint density at radius 2 is 2.03 bits per heavy atom. The van der Waals surface area contributed by atoms with Crippen LogP contribution in [0.3, 0.4) is 0 Å². The molecule has 1 unspecified atom stereocenters. The van der Waals surface area contributed by atoms with Gasteiger partial charge in [0.05, 0.1) is 36.4 Å². The summed E-state index contributed by atoms with van der Waals surface area (Å²) in [5, 5.41) is 10.0. The van der Waals surface area contributed by atoms with E-state index in [9.17, 15) is 18.7 Å². The summed E-state index contributed by atoms with van der Waals surface area (Å²) in [6.07, 6.45) is -0.365. The number of nitrogens with zero attached hydrogens (tertiary/aromatic N) is 3. The fraction of sp³-hybridized carbons (Fsp3) is 0.391. The van der Waals surface area contributed by atoms with E-state index in [-0.39, 0.29) is 36.9 Å². The van der Waals surface area contributed by atoms with E-state index >= 15 is 0 Å². The molecule has 32 heavy (non-hydrogen) atoms. The number of likely N-dealkylation sites (tertiary alicyclic amines) is 1. The summed E-state index contributed by atoms with van der Waals surface area (Å²) >= 11 is 0. The molecule has 3 aromatic rings. The fourth-order valence-electron chi connectivity index (χ4n) is 4.37. The quantitative estimate of drug-likeness (QED) is 0.673. The van der Waals surface area contributed by atoms with Crippen LogP contribution >= 0.6 is 0 Å². The van der Waals surface area contributed by atoms with Gasteiger partial charge in [0.25, 0.3) is 5.91 Å². The zero-order valence-corrected chi connectivity index (χ0v) is 18.0. The van der Waals surface area contributed by atoms with Crippen molar-refractivity contribution in [1.82, 2.24) is 14.5 Å². The number of ether oxygens (including phenoxy) is 2. The van der Waals surface area contributed by atoms with Gasteiger partial charge in [0.1, 0.15) is 40.6 Å². The minimum atomic E-state index is -0.888. The first-order valence-corrected chi connectivity index (χ1v) is 10.4. The van der Waals surface area contributed by atoms with Gasteiger partial charge in [-0.1, -0.05) is 0 Å². The Morgan fingerprint density at radius 1 is 1.28 bits per heavy atom. The van der Waals surface area contributed by atoms with E-state index in [4.69, 9.17) is 9.47 Å². The van der Waals surface area contributed by atoms with Gasteiger partial charge < -0.3 is 24.0 Å². The highest BCUT2D eigenvalue weighted by Gasteiger charge is 2.40. The second kappa shape index (κ2) is 7.16. The predicted octanol–water partition coefficient (Wildman–Crippen LogP) is 3.27. The number of hydrogen-bond acceptors (Lipinski definition) is 5. The molecule has 1 N–H and O–H groups in total. The summed E-state index contributed by atoms with van der Waals surface area (Å²) in [4.78, 5) is 19.1. The van der Waals surface area contributed by atoms with E-state index in [1.54, 1.807) is 24.0 Å². The average molecular weight is 443 g/mol. The molecular formula is C23H23F2N3O4. The van der Waals surface area contributed by atoms with Crippen LogP contribution in [0.5, 0.6) is 11.5 Å². The third-order valence-corrected chi connectivity index (χ3v) is 6.06. The third kappa shape index (κ3) is 3.37. The van der Waals surface area contributed by atoms with Crippen LogP contribution in [0.25, 0.3) is 11.0 Å². The van der Waals surface area contributed by atoms with Crippen LogP contribution in [0, 0.1) is 18.6 Å². The lowest BCUT2D eigenvalue weighted by Crippen LogP contribution is -2.61. The molecule has 0 radical (unpaired) electrons. The van der Waals surface area contributed by atoms with E-state index < -0.39 is 23.3 Å². The van der Waals surface area contributed by atoms with Gasteiger partial charge in [-0.15, -0.1) is 0 Å². The van der Waals surface area contributed by atoms with Gasteiger partial charge in [0, 0.05) is 31.2 Å². The van der Waals surface area contributed by atoms with Crippen molar-refractivity contribution in [2.24, 2.45) is 7.05 Å². The Bertz CT molecular complexity index is 1250. The van der Waals surface area contributed by atoms with Crippen molar-refractivity contribution in [2.45, 2.75) is 32.0 Å². The predicted molar refractivity (Wildman–Crippen MR) is 112 cm³/mol. The van der Waals surface area contributed by atoms with Gasteiger partial charge in [-0.25, -0.2) is 13.8 Å². The molecule has 0 aliphatic carbocycles. The minimum Gasteiger partial charge on any atom is -0.493 e. The first-order valence-electron chi connectivity index (χ1n) is 10.4. The SMILES string of the molecule is Cc1nc2c(OC3CCOc4cc(F)cc(F)c43)cc(C(=O)N3CC(C)(O)C3)cc2n1C. The highest BCUT2D eigenvalue weighted by atomic mass is 19.1. The lowest BCUT2D eigenvalue weighted by Gasteiger charge is -2.44. The van der Waals surface area contributed by atoms with E-state index in [0.717, 1.165) is 18.0 Å². The van der Waals surface area contributed by atoms with Crippen LogP contribution in [-0.2, 0) is 7.05 Å². The van der Waals surface area contributed by atoms with Crippen molar-refractivity contribution in [1.29, 1.82) is 0 Å². The zero-order chi connectivity index (χ0) is 22.8. The van der Waals surface area contributed by atoms with Crippen LogP contribution in [0.15, 0.2) is 24.3 Å². The Hall–Kier alpha value is -3.20. The minimum absolute atomic E-state index is 0.113. The lowest BCUT2D eigenvalue weighted by atomic mass is 9.95. The second-order valence-corrected chi connectivity index (χ2v) is 8.76. The van der Waals surface area contributed by atoms with Gasteiger partial charge in [-0.3, -0.25) is 4.79 Å². The first-order chi connectivity index (χ1) is 15.1. The van der Waals surface area contributed by atoms with E-state index in [0.29, 0.717) is 28.8 Å². The molecule has 0 saturated carbocycles. The topological polar surface area (TPSA) is 76.8 Å². The van der Waals surface area contributed by atoms with Crippen molar-refractivity contribution in [3.8, 4) is 11.5 Å². The van der Waals surface area contributed by atoms with Crippen LogP contribution in [-0.4, -0.2) is 50.8 Å². The van der Waals surface area contributed by atoms with Crippen molar-refractivity contribution in [3.05, 3.63) is 52.9 Å². The zero-order valence-electron chi connectivity index (χ0n) is 18.0. The normalized spacial score (nSPS) is 19.3. The molecule has 2 aliphatic rings. The highest BCUT2D eigenvalue weighted by molar-refractivity contribution is 5.99. The Balaban J connectivity index is 1.56.